The zero-order valence-corrected chi connectivity index (χ0v) is 13.5. The van der Waals surface area contributed by atoms with Crippen molar-refractivity contribution >= 4 is 6.03 Å². The van der Waals surface area contributed by atoms with Crippen molar-refractivity contribution in [3.8, 4) is 0 Å². The Morgan fingerprint density at radius 2 is 2.29 bits per heavy atom. The minimum absolute atomic E-state index is 0.0371. The van der Waals surface area contributed by atoms with Crippen LogP contribution in [0.4, 0.5) is 4.79 Å². The summed E-state index contributed by atoms with van der Waals surface area (Å²) in [4.78, 5) is 16.3. The molecule has 1 aliphatic rings. The standard InChI is InChI=1S/C15H26N4O2/c1-5-19-7-6-13(9-19)8-16-15(20)18(4)10-14-11(2)17-21-12(14)3/h13H,5-10H2,1-4H3,(H,16,20). The number of carbonyl (C=O) groups is 1. The zero-order chi connectivity index (χ0) is 15.4. The van der Waals surface area contributed by atoms with Gasteiger partial charge >= 0.3 is 6.03 Å². The fraction of sp³-hybridized carbons (Fsp3) is 0.733. The maximum absolute atomic E-state index is 12.1. The van der Waals surface area contributed by atoms with Crippen LogP contribution in [0.2, 0.25) is 0 Å². The second-order valence-corrected chi connectivity index (χ2v) is 5.89. The van der Waals surface area contributed by atoms with Gasteiger partial charge in [0.2, 0.25) is 0 Å². The zero-order valence-electron chi connectivity index (χ0n) is 13.5. The third-order valence-electron chi connectivity index (χ3n) is 4.28. The van der Waals surface area contributed by atoms with E-state index in [1.165, 1.54) is 6.42 Å². The minimum Gasteiger partial charge on any atom is -0.361 e. The van der Waals surface area contributed by atoms with Gasteiger partial charge in [-0.1, -0.05) is 12.1 Å². The van der Waals surface area contributed by atoms with E-state index in [0.29, 0.717) is 12.5 Å². The van der Waals surface area contributed by atoms with Crippen LogP contribution in [0.25, 0.3) is 0 Å². The second kappa shape index (κ2) is 6.93. The molecule has 0 spiro atoms. The molecule has 2 amide bonds. The SMILES string of the molecule is CCN1CCC(CNC(=O)N(C)Cc2c(C)noc2C)C1. The lowest BCUT2D eigenvalue weighted by atomic mass is 10.1. The van der Waals surface area contributed by atoms with Crippen LogP contribution in [0.5, 0.6) is 0 Å². The minimum atomic E-state index is -0.0371. The second-order valence-electron chi connectivity index (χ2n) is 5.89. The first-order chi connectivity index (χ1) is 10.0. The van der Waals surface area contributed by atoms with Gasteiger partial charge in [0.15, 0.2) is 0 Å². The van der Waals surface area contributed by atoms with E-state index in [0.717, 1.165) is 43.2 Å². The third-order valence-corrected chi connectivity index (χ3v) is 4.28. The van der Waals surface area contributed by atoms with E-state index in [1.807, 2.05) is 13.8 Å². The predicted octanol–water partition coefficient (Wildman–Crippen LogP) is 1.77. The average molecular weight is 294 g/mol. The van der Waals surface area contributed by atoms with E-state index in [4.69, 9.17) is 4.52 Å². The molecule has 1 saturated heterocycles. The number of nitrogens with one attached hydrogen (secondary N) is 1. The lowest BCUT2D eigenvalue weighted by Gasteiger charge is -2.19. The van der Waals surface area contributed by atoms with Crippen molar-refractivity contribution in [1.82, 2.24) is 20.3 Å². The van der Waals surface area contributed by atoms with Crippen molar-refractivity contribution in [1.29, 1.82) is 0 Å². The molecule has 1 unspecified atom stereocenters. The van der Waals surface area contributed by atoms with E-state index in [1.54, 1.807) is 11.9 Å². The van der Waals surface area contributed by atoms with E-state index >= 15 is 0 Å². The van der Waals surface area contributed by atoms with Crippen LogP contribution in [0.15, 0.2) is 4.52 Å². The number of urea groups is 1. The lowest BCUT2D eigenvalue weighted by Crippen LogP contribution is -2.39. The molecule has 21 heavy (non-hydrogen) atoms. The van der Waals surface area contributed by atoms with Crippen LogP contribution in [-0.4, -0.2) is 54.2 Å². The molecule has 6 nitrogen and oxygen atoms in total. The van der Waals surface area contributed by atoms with Gasteiger partial charge in [-0.05, 0) is 39.3 Å². The van der Waals surface area contributed by atoms with E-state index in [-0.39, 0.29) is 6.03 Å². The summed E-state index contributed by atoms with van der Waals surface area (Å²) >= 11 is 0. The number of hydrogen-bond acceptors (Lipinski definition) is 4. The van der Waals surface area contributed by atoms with Crippen LogP contribution in [-0.2, 0) is 6.54 Å². The molecule has 0 radical (unpaired) electrons. The van der Waals surface area contributed by atoms with Crippen LogP contribution in [0, 0.1) is 19.8 Å². The molecule has 0 bridgehead atoms. The van der Waals surface area contributed by atoms with Gasteiger partial charge in [0.05, 0.1) is 12.2 Å². The summed E-state index contributed by atoms with van der Waals surface area (Å²) < 4.78 is 5.13. The summed E-state index contributed by atoms with van der Waals surface area (Å²) in [7, 11) is 1.80. The topological polar surface area (TPSA) is 61.6 Å². The number of aryl methyl sites for hydroxylation is 2. The molecule has 1 N–H and O–H groups in total. The summed E-state index contributed by atoms with van der Waals surface area (Å²) in [5, 5.41) is 6.95. The number of hydrogen-bond donors (Lipinski definition) is 1. The molecule has 0 aromatic carbocycles. The molecule has 2 rings (SSSR count). The molecular weight excluding hydrogens is 268 g/mol. The number of rotatable bonds is 5. The Kier molecular flexibility index (Phi) is 5.22. The highest BCUT2D eigenvalue weighted by atomic mass is 16.5. The Hall–Kier alpha value is -1.56. The molecule has 1 aliphatic heterocycles. The first kappa shape index (κ1) is 15.8. The van der Waals surface area contributed by atoms with Crippen LogP contribution < -0.4 is 5.32 Å². The smallest absolute Gasteiger partial charge is 0.317 e. The fourth-order valence-corrected chi connectivity index (χ4v) is 2.77. The largest absolute Gasteiger partial charge is 0.361 e. The molecule has 6 heteroatoms. The highest BCUT2D eigenvalue weighted by Crippen LogP contribution is 2.16. The first-order valence-corrected chi connectivity index (χ1v) is 7.64. The summed E-state index contributed by atoms with van der Waals surface area (Å²) in [6.45, 7) is 10.6. The maximum Gasteiger partial charge on any atom is 0.317 e. The Balaban J connectivity index is 1.78. The van der Waals surface area contributed by atoms with Crippen molar-refractivity contribution in [2.75, 3.05) is 33.2 Å². The molecule has 1 aromatic rings. The summed E-state index contributed by atoms with van der Waals surface area (Å²) in [5.41, 5.74) is 1.84. The normalized spacial score (nSPS) is 19.0. The molecular formula is C15H26N4O2. The van der Waals surface area contributed by atoms with E-state index in [2.05, 4.69) is 22.3 Å². The molecule has 0 aliphatic carbocycles. The number of nitrogens with zero attached hydrogens (tertiary/aromatic N) is 3. The van der Waals surface area contributed by atoms with E-state index < -0.39 is 0 Å². The number of carbonyl (C=O) groups excluding carboxylic acids is 1. The van der Waals surface area contributed by atoms with Crippen LogP contribution in [0.3, 0.4) is 0 Å². The lowest BCUT2D eigenvalue weighted by molar-refractivity contribution is 0.204. The van der Waals surface area contributed by atoms with Gasteiger partial charge in [0.25, 0.3) is 0 Å². The molecule has 1 fully saturated rings. The van der Waals surface area contributed by atoms with Crippen molar-refractivity contribution in [3.63, 3.8) is 0 Å². The Morgan fingerprint density at radius 3 is 2.86 bits per heavy atom. The van der Waals surface area contributed by atoms with E-state index in [9.17, 15) is 4.79 Å². The molecule has 2 heterocycles. The average Bonchev–Trinajstić information content (AvgIpc) is 3.06. The van der Waals surface area contributed by atoms with Gasteiger partial charge in [-0.25, -0.2) is 4.79 Å². The van der Waals surface area contributed by atoms with Gasteiger partial charge in [0.1, 0.15) is 5.76 Å². The van der Waals surface area contributed by atoms with Gasteiger partial charge in [-0.2, -0.15) is 0 Å². The van der Waals surface area contributed by atoms with Gasteiger partial charge in [0, 0.05) is 25.7 Å². The van der Waals surface area contributed by atoms with Crippen LogP contribution >= 0.6 is 0 Å². The predicted molar refractivity (Wildman–Crippen MR) is 81.1 cm³/mol. The molecule has 1 aromatic heterocycles. The Morgan fingerprint density at radius 1 is 1.52 bits per heavy atom. The Bertz CT molecular complexity index is 467. The van der Waals surface area contributed by atoms with Crippen LogP contribution in [0.1, 0.15) is 30.4 Å². The van der Waals surface area contributed by atoms with Crippen molar-refractivity contribution in [2.45, 2.75) is 33.7 Å². The molecule has 1 atom stereocenters. The summed E-state index contributed by atoms with van der Waals surface area (Å²) in [6, 6.07) is -0.0371. The third kappa shape index (κ3) is 3.97. The summed E-state index contributed by atoms with van der Waals surface area (Å²) in [5.74, 6) is 1.35. The highest BCUT2D eigenvalue weighted by Gasteiger charge is 2.22. The van der Waals surface area contributed by atoms with Gasteiger partial charge in [-0.15, -0.1) is 0 Å². The molecule has 118 valence electrons. The fourth-order valence-electron chi connectivity index (χ4n) is 2.77. The monoisotopic (exact) mass is 294 g/mol. The first-order valence-electron chi connectivity index (χ1n) is 7.64. The quantitative estimate of drug-likeness (QED) is 0.899. The number of amides is 2. The van der Waals surface area contributed by atoms with Gasteiger partial charge < -0.3 is 19.6 Å². The highest BCUT2D eigenvalue weighted by molar-refractivity contribution is 5.73. The number of likely N-dealkylation sites (tertiary alicyclic amines) is 1. The van der Waals surface area contributed by atoms with Crippen molar-refractivity contribution in [2.24, 2.45) is 5.92 Å². The van der Waals surface area contributed by atoms with Gasteiger partial charge in [-0.3, -0.25) is 0 Å². The summed E-state index contributed by atoms with van der Waals surface area (Å²) in [6.07, 6.45) is 1.17. The Labute approximate surface area is 126 Å². The maximum atomic E-state index is 12.1. The number of aromatic nitrogens is 1. The van der Waals surface area contributed by atoms with Crippen molar-refractivity contribution in [3.05, 3.63) is 17.0 Å². The van der Waals surface area contributed by atoms with Crippen molar-refractivity contribution < 1.29 is 9.32 Å². The molecule has 0 saturated carbocycles.